The predicted octanol–water partition coefficient (Wildman–Crippen LogP) is 3.02. The molecule has 2 N–H and O–H groups in total. The first-order valence-electron chi connectivity index (χ1n) is 7.03. The highest BCUT2D eigenvalue weighted by molar-refractivity contribution is 7.99. The lowest BCUT2D eigenvalue weighted by Gasteiger charge is -2.34. The highest BCUT2D eigenvalue weighted by Gasteiger charge is 2.35. The first-order chi connectivity index (χ1) is 8.58. The van der Waals surface area contributed by atoms with E-state index in [9.17, 15) is 9.90 Å². The van der Waals surface area contributed by atoms with Crippen LogP contribution in [0, 0.1) is 17.8 Å². The van der Waals surface area contributed by atoms with Gasteiger partial charge in [0.2, 0.25) is 0 Å². The molecule has 1 aliphatic rings. The minimum absolute atomic E-state index is 0.186. The second kappa shape index (κ2) is 8.05. The van der Waals surface area contributed by atoms with Gasteiger partial charge in [-0.05, 0) is 36.9 Å². The molecule has 0 spiro atoms. The minimum atomic E-state index is -0.640. The van der Waals surface area contributed by atoms with Crippen LogP contribution in [0.4, 0.5) is 0 Å². The zero-order valence-corrected chi connectivity index (χ0v) is 12.3. The average Bonchev–Trinajstić information content (AvgIpc) is 2.36. The lowest BCUT2D eigenvalue weighted by atomic mass is 9.80. The molecule has 1 saturated carbocycles. The quantitative estimate of drug-likeness (QED) is 0.749. The molecule has 1 rings (SSSR count). The Balaban J connectivity index is 2.52. The van der Waals surface area contributed by atoms with E-state index in [4.69, 9.17) is 5.11 Å². The maximum atomic E-state index is 11.3. The van der Waals surface area contributed by atoms with Crippen LogP contribution in [-0.4, -0.2) is 33.8 Å². The molecule has 0 heterocycles. The van der Waals surface area contributed by atoms with Gasteiger partial charge in [-0.15, -0.1) is 0 Å². The van der Waals surface area contributed by atoms with Crippen molar-refractivity contribution >= 4 is 17.7 Å². The number of hydrogen-bond acceptors (Lipinski definition) is 3. The van der Waals surface area contributed by atoms with Crippen LogP contribution in [0.5, 0.6) is 0 Å². The maximum Gasteiger partial charge on any atom is 0.307 e. The molecule has 1 fully saturated rings. The first kappa shape index (κ1) is 15.8. The summed E-state index contributed by atoms with van der Waals surface area (Å²) < 4.78 is 0. The van der Waals surface area contributed by atoms with E-state index < -0.39 is 5.97 Å². The van der Waals surface area contributed by atoms with E-state index in [1.165, 1.54) is 12.8 Å². The van der Waals surface area contributed by atoms with Crippen LogP contribution in [0.1, 0.15) is 46.0 Å². The molecule has 0 aromatic carbocycles. The summed E-state index contributed by atoms with van der Waals surface area (Å²) >= 11 is 1.76. The van der Waals surface area contributed by atoms with E-state index in [0.717, 1.165) is 25.0 Å². The molecule has 0 saturated heterocycles. The molecule has 0 aromatic heterocycles. The molecular formula is C14H26O3S. The molecule has 18 heavy (non-hydrogen) atoms. The molecule has 1 aliphatic carbocycles. The van der Waals surface area contributed by atoms with Crippen molar-refractivity contribution in [3.63, 3.8) is 0 Å². The summed E-state index contributed by atoms with van der Waals surface area (Å²) in [5, 5.41) is 18.6. The van der Waals surface area contributed by atoms with Crippen LogP contribution in [0.15, 0.2) is 0 Å². The van der Waals surface area contributed by atoms with Crippen LogP contribution in [-0.2, 0) is 4.79 Å². The third-order valence-corrected chi connectivity index (χ3v) is 5.53. The van der Waals surface area contributed by atoms with E-state index in [-0.39, 0.29) is 23.7 Å². The number of hydrogen-bond donors (Lipinski definition) is 2. The maximum absolute atomic E-state index is 11.3. The number of carboxylic acid groups (broad SMARTS) is 1. The Morgan fingerprint density at radius 3 is 2.72 bits per heavy atom. The van der Waals surface area contributed by atoms with Crippen molar-refractivity contribution in [2.45, 2.75) is 51.2 Å². The summed E-state index contributed by atoms with van der Waals surface area (Å²) in [6.07, 6.45) is 5.34. The van der Waals surface area contributed by atoms with Gasteiger partial charge in [0, 0.05) is 11.9 Å². The Bertz CT molecular complexity index is 257. The summed E-state index contributed by atoms with van der Waals surface area (Å²) in [7, 11) is 0. The Morgan fingerprint density at radius 2 is 2.17 bits per heavy atom. The fourth-order valence-corrected chi connectivity index (χ4v) is 4.26. The van der Waals surface area contributed by atoms with Gasteiger partial charge in [0.1, 0.15) is 0 Å². The number of aliphatic carboxylic acids is 1. The number of rotatable bonds is 7. The summed E-state index contributed by atoms with van der Waals surface area (Å²) in [6.45, 7) is 4.39. The molecule has 0 amide bonds. The molecule has 106 valence electrons. The Labute approximate surface area is 114 Å². The zero-order valence-electron chi connectivity index (χ0n) is 11.5. The molecule has 4 heteroatoms. The zero-order chi connectivity index (χ0) is 13.5. The van der Waals surface area contributed by atoms with Gasteiger partial charge >= 0.3 is 5.97 Å². The van der Waals surface area contributed by atoms with Crippen molar-refractivity contribution in [2.24, 2.45) is 17.8 Å². The van der Waals surface area contributed by atoms with Crippen molar-refractivity contribution in [1.82, 2.24) is 0 Å². The SMILES string of the molecule is CCCC1CCC(C(=O)O)C(SCC(C)CO)C1. The van der Waals surface area contributed by atoms with Gasteiger partial charge in [-0.1, -0.05) is 26.7 Å². The highest BCUT2D eigenvalue weighted by atomic mass is 32.2. The van der Waals surface area contributed by atoms with Gasteiger partial charge in [-0.3, -0.25) is 4.79 Å². The molecule has 3 nitrogen and oxygen atoms in total. The van der Waals surface area contributed by atoms with Crippen LogP contribution in [0.2, 0.25) is 0 Å². The van der Waals surface area contributed by atoms with Crippen molar-refractivity contribution in [2.75, 3.05) is 12.4 Å². The lowest BCUT2D eigenvalue weighted by Crippen LogP contribution is -2.33. The van der Waals surface area contributed by atoms with Gasteiger partial charge in [-0.2, -0.15) is 11.8 Å². The van der Waals surface area contributed by atoms with Crippen molar-refractivity contribution in [3.05, 3.63) is 0 Å². The third kappa shape index (κ3) is 4.81. The molecular weight excluding hydrogens is 248 g/mol. The molecule has 0 aliphatic heterocycles. The van der Waals surface area contributed by atoms with E-state index in [2.05, 4.69) is 6.92 Å². The van der Waals surface area contributed by atoms with Crippen molar-refractivity contribution in [1.29, 1.82) is 0 Å². The topological polar surface area (TPSA) is 57.5 Å². The monoisotopic (exact) mass is 274 g/mol. The number of carbonyl (C=O) groups is 1. The Hall–Kier alpha value is -0.220. The molecule has 0 aromatic rings. The highest BCUT2D eigenvalue weighted by Crippen LogP contribution is 2.39. The number of thioether (sulfide) groups is 1. The third-order valence-electron chi connectivity index (χ3n) is 3.82. The van der Waals surface area contributed by atoms with Crippen LogP contribution in [0.25, 0.3) is 0 Å². The summed E-state index contributed by atoms with van der Waals surface area (Å²) in [6, 6.07) is 0. The standard InChI is InChI=1S/C14H26O3S/c1-3-4-11-5-6-12(14(16)17)13(7-11)18-9-10(2)8-15/h10-13,15H,3-9H2,1-2H3,(H,16,17). The van der Waals surface area contributed by atoms with Gasteiger partial charge in [0.15, 0.2) is 0 Å². The second-order valence-corrected chi connectivity index (χ2v) is 6.84. The lowest BCUT2D eigenvalue weighted by molar-refractivity contribution is -0.142. The second-order valence-electron chi connectivity index (χ2n) is 5.57. The van der Waals surface area contributed by atoms with Gasteiger partial charge in [0.25, 0.3) is 0 Å². The summed E-state index contributed by atoms with van der Waals surface area (Å²) in [5.41, 5.74) is 0. The van der Waals surface area contributed by atoms with E-state index >= 15 is 0 Å². The largest absolute Gasteiger partial charge is 0.481 e. The minimum Gasteiger partial charge on any atom is -0.481 e. The van der Waals surface area contributed by atoms with Gasteiger partial charge in [-0.25, -0.2) is 0 Å². The van der Waals surface area contributed by atoms with Crippen molar-refractivity contribution in [3.8, 4) is 0 Å². The van der Waals surface area contributed by atoms with E-state index in [1.54, 1.807) is 11.8 Å². The normalized spacial score (nSPS) is 30.1. The van der Waals surface area contributed by atoms with E-state index in [0.29, 0.717) is 5.92 Å². The molecule has 0 radical (unpaired) electrons. The van der Waals surface area contributed by atoms with Gasteiger partial charge in [0.05, 0.1) is 5.92 Å². The Kier molecular flexibility index (Phi) is 7.08. The van der Waals surface area contributed by atoms with Crippen molar-refractivity contribution < 1.29 is 15.0 Å². The van der Waals surface area contributed by atoms with E-state index in [1.807, 2.05) is 6.92 Å². The molecule has 4 atom stereocenters. The van der Waals surface area contributed by atoms with Crippen LogP contribution >= 0.6 is 11.8 Å². The predicted molar refractivity (Wildman–Crippen MR) is 75.9 cm³/mol. The smallest absolute Gasteiger partial charge is 0.307 e. The fourth-order valence-electron chi connectivity index (χ4n) is 2.69. The van der Waals surface area contributed by atoms with Gasteiger partial charge < -0.3 is 10.2 Å². The number of aliphatic hydroxyl groups is 1. The molecule has 0 bridgehead atoms. The number of carboxylic acids is 1. The van der Waals surface area contributed by atoms with Crippen LogP contribution in [0.3, 0.4) is 0 Å². The number of aliphatic hydroxyl groups excluding tert-OH is 1. The fraction of sp³-hybridized carbons (Fsp3) is 0.929. The Morgan fingerprint density at radius 1 is 1.44 bits per heavy atom. The molecule has 4 unspecified atom stereocenters. The summed E-state index contributed by atoms with van der Waals surface area (Å²) in [5.74, 6) is 1.00. The average molecular weight is 274 g/mol. The summed E-state index contributed by atoms with van der Waals surface area (Å²) in [4.78, 5) is 11.3. The first-order valence-corrected chi connectivity index (χ1v) is 8.08. The van der Waals surface area contributed by atoms with Crippen LogP contribution < -0.4 is 0 Å².